The molecule has 0 bridgehead atoms. The number of amides is 1. The topological polar surface area (TPSA) is 98.1 Å². The fraction of sp³-hybridized carbons (Fsp3) is 0.150. The van der Waals surface area contributed by atoms with Gasteiger partial charge in [-0.15, -0.1) is 0 Å². The van der Waals surface area contributed by atoms with Gasteiger partial charge in [-0.25, -0.2) is 8.78 Å². The number of nitrogens with zero attached hydrogens (tertiary/aromatic N) is 1. The summed E-state index contributed by atoms with van der Waals surface area (Å²) in [5, 5.41) is 0. The summed E-state index contributed by atoms with van der Waals surface area (Å²) in [5.41, 5.74) is 7.03. The van der Waals surface area contributed by atoms with E-state index in [1.54, 1.807) is 13.0 Å². The first-order valence-electron chi connectivity index (χ1n) is 8.49. The van der Waals surface area contributed by atoms with Crippen LogP contribution in [-0.2, 0) is 13.0 Å². The number of halogens is 3. The monoisotopic (exact) mass is 463 g/mol. The lowest BCUT2D eigenvalue weighted by atomic mass is 10.0. The summed E-state index contributed by atoms with van der Waals surface area (Å²) >= 11 is 3.21. The van der Waals surface area contributed by atoms with Gasteiger partial charge in [0.25, 0.3) is 11.5 Å². The number of primary amides is 1. The number of carbonyl (C=O) groups excluding carboxylic acids is 1. The molecule has 3 aromatic rings. The van der Waals surface area contributed by atoms with Gasteiger partial charge in [0.2, 0.25) is 0 Å². The van der Waals surface area contributed by atoms with Crippen molar-refractivity contribution in [3.63, 3.8) is 0 Å². The van der Waals surface area contributed by atoms with Crippen molar-refractivity contribution in [1.82, 2.24) is 9.97 Å². The zero-order chi connectivity index (χ0) is 21.1. The molecule has 3 rings (SSSR count). The van der Waals surface area contributed by atoms with Crippen LogP contribution in [0.3, 0.4) is 0 Å². The van der Waals surface area contributed by atoms with Crippen molar-refractivity contribution in [2.45, 2.75) is 20.0 Å². The van der Waals surface area contributed by atoms with Gasteiger partial charge in [0.1, 0.15) is 34.2 Å². The third-order valence-electron chi connectivity index (χ3n) is 4.27. The van der Waals surface area contributed by atoms with E-state index in [-0.39, 0.29) is 28.1 Å². The third-order valence-corrected chi connectivity index (χ3v) is 4.99. The number of nitrogens with one attached hydrogen (secondary N) is 1. The quantitative estimate of drug-likeness (QED) is 0.585. The van der Waals surface area contributed by atoms with Gasteiger partial charge >= 0.3 is 0 Å². The van der Waals surface area contributed by atoms with Crippen molar-refractivity contribution >= 4 is 21.8 Å². The molecule has 0 atom stereocenters. The number of aromatic nitrogens is 2. The molecule has 1 aromatic carbocycles. The predicted molar refractivity (Wildman–Crippen MR) is 106 cm³/mol. The van der Waals surface area contributed by atoms with E-state index in [0.717, 1.165) is 17.7 Å². The van der Waals surface area contributed by atoms with Crippen LogP contribution < -0.4 is 16.0 Å². The Bertz CT molecular complexity index is 1130. The largest absolute Gasteiger partial charge is 0.487 e. The van der Waals surface area contributed by atoms with Crippen LogP contribution in [0.1, 0.15) is 32.9 Å². The van der Waals surface area contributed by atoms with Crippen LogP contribution in [0.5, 0.6) is 5.75 Å². The summed E-state index contributed by atoms with van der Waals surface area (Å²) in [5.74, 6) is -1.82. The average Bonchev–Trinajstić information content (AvgIpc) is 2.67. The summed E-state index contributed by atoms with van der Waals surface area (Å²) < 4.78 is 32.9. The lowest BCUT2D eigenvalue weighted by Crippen LogP contribution is -2.15. The second-order valence-electron chi connectivity index (χ2n) is 6.32. The number of aryl methyl sites for hydroxylation is 1. The molecule has 0 saturated carbocycles. The molecule has 0 spiro atoms. The minimum Gasteiger partial charge on any atom is -0.487 e. The maximum Gasteiger partial charge on any atom is 0.267 e. The standard InChI is InChI=1S/C20H16BrF2N3O3/c1-10-14(6-11-2-5-16(19(24)27)25-8-11)18(17(21)20(28)26-10)29-9-12-3-4-13(22)7-15(12)23/h2-5,7-8H,6,9H2,1H3,(H2,24,27)(H,26,28). The number of ether oxygens (including phenoxy) is 1. The zero-order valence-electron chi connectivity index (χ0n) is 15.3. The molecule has 2 aromatic heterocycles. The minimum absolute atomic E-state index is 0.136. The van der Waals surface area contributed by atoms with Crippen molar-refractivity contribution in [2.24, 2.45) is 5.73 Å². The van der Waals surface area contributed by atoms with Gasteiger partial charge in [0.05, 0.1) is 0 Å². The van der Waals surface area contributed by atoms with Crippen LogP contribution >= 0.6 is 15.9 Å². The lowest BCUT2D eigenvalue weighted by Gasteiger charge is -2.16. The van der Waals surface area contributed by atoms with Crippen LogP contribution in [0.25, 0.3) is 0 Å². The zero-order valence-corrected chi connectivity index (χ0v) is 16.8. The summed E-state index contributed by atoms with van der Waals surface area (Å²) in [7, 11) is 0. The Balaban J connectivity index is 1.93. The van der Waals surface area contributed by atoms with Gasteiger partial charge in [-0.3, -0.25) is 14.6 Å². The highest BCUT2D eigenvalue weighted by Gasteiger charge is 2.17. The fourth-order valence-corrected chi connectivity index (χ4v) is 3.19. The Morgan fingerprint density at radius 3 is 2.66 bits per heavy atom. The molecule has 0 fully saturated rings. The molecule has 2 heterocycles. The maximum absolute atomic E-state index is 13.9. The first-order chi connectivity index (χ1) is 13.8. The maximum atomic E-state index is 13.9. The van der Waals surface area contributed by atoms with E-state index < -0.39 is 23.1 Å². The Hall–Kier alpha value is -3.07. The van der Waals surface area contributed by atoms with E-state index in [0.29, 0.717) is 17.7 Å². The number of nitrogens with two attached hydrogens (primary N) is 1. The molecule has 9 heteroatoms. The molecule has 0 radical (unpaired) electrons. The first-order valence-corrected chi connectivity index (χ1v) is 9.28. The van der Waals surface area contributed by atoms with Crippen molar-refractivity contribution in [3.05, 3.63) is 91.1 Å². The Morgan fingerprint density at radius 2 is 2.03 bits per heavy atom. The predicted octanol–water partition coefficient (Wildman–Crippen LogP) is 3.39. The van der Waals surface area contributed by atoms with Crippen molar-refractivity contribution in [1.29, 1.82) is 0 Å². The molecule has 0 unspecified atom stereocenters. The van der Waals surface area contributed by atoms with Gasteiger partial charge in [0.15, 0.2) is 0 Å². The third kappa shape index (κ3) is 4.68. The van der Waals surface area contributed by atoms with Crippen molar-refractivity contribution in [3.8, 4) is 5.75 Å². The van der Waals surface area contributed by atoms with E-state index in [9.17, 15) is 18.4 Å². The van der Waals surface area contributed by atoms with Gasteiger partial charge in [-0.1, -0.05) is 6.07 Å². The highest BCUT2D eigenvalue weighted by atomic mass is 79.9. The summed E-state index contributed by atoms with van der Waals surface area (Å²) in [6, 6.07) is 6.37. The van der Waals surface area contributed by atoms with Crippen molar-refractivity contribution < 1.29 is 18.3 Å². The Labute approximate surface area is 172 Å². The second kappa shape index (κ2) is 8.52. The highest BCUT2D eigenvalue weighted by molar-refractivity contribution is 9.10. The molecule has 0 saturated heterocycles. The van der Waals surface area contributed by atoms with E-state index in [2.05, 4.69) is 25.9 Å². The molecular formula is C20H16BrF2N3O3. The number of hydrogen-bond acceptors (Lipinski definition) is 4. The molecule has 150 valence electrons. The summed E-state index contributed by atoms with van der Waals surface area (Å²) in [6.45, 7) is 1.51. The smallest absolute Gasteiger partial charge is 0.267 e. The SMILES string of the molecule is Cc1[nH]c(=O)c(Br)c(OCc2ccc(F)cc2F)c1Cc1ccc(C(N)=O)nc1. The number of rotatable bonds is 6. The molecule has 6 nitrogen and oxygen atoms in total. The molecule has 0 aliphatic rings. The van der Waals surface area contributed by atoms with E-state index in [1.807, 2.05) is 0 Å². The number of hydrogen-bond donors (Lipinski definition) is 2. The van der Waals surface area contributed by atoms with Gasteiger partial charge in [0, 0.05) is 35.5 Å². The number of benzene rings is 1. The van der Waals surface area contributed by atoms with Crippen LogP contribution in [0.4, 0.5) is 8.78 Å². The number of pyridine rings is 2. The van der Waals surface area contributed by atoms with Gasteiger partial charge in [-0.05, 0) is 46.6 Å². The van der Waals surface area contributed by atoms with Gasteiger partial charge in [-0.2, -0.15) is 0 Å². The highest BCUT2D eigenvalue weighted by Crippen LogP contribution is 2.30. The molecule has 0 aliphatic heterocycles. The van der Waals surface area contributed by atoms with E-state index in [1.165, 1.54) is 18.3 Å². The Morgan fingerprint density at radius 1 is 1.28 bits per heavy atom. The van der Waals surface area contributed by atoms with Crippen LogP contribution in [0.15, 0.2) is 45.8 Å². The van der Waals surface area contributed by atoms with Crippen molar-refractivity contribution in [2.75, 3.05) is 0 Å². The average molecular weight is 464 g/mol. The number of aromatic amines is 1. The molecular weight excluding hydrogens is 448 g/mol. The minimum atomic E-state index is -0.740. The lowest BCUT2D eigenvalue weighted by molar-refractivity contribution is 0.0995. The molecule has 29 heavy (non-hydrogen) atoms. The normalized spacial score (nSPS) is 10.8. The molecule has 0 aliphatic carbocycles. The molecule has 3 N–H and O–H groups in total. The fourth-order valence-electron chi connectivity index (χ4n) is 2.74. The van der Waals surface area contributed by atoms with Crippen LogP contribution in [-0.4, -0.2) is 15.9 Å². The van der Waals surface area contributed by atoms with Crippen LogP contribution in [0.2, 0.25) is 0 Å². The van der Waals surface area contributed by atoms with Gasteiger partial charge < -0.3 is 15.5 Å². The first kappa shape index (κ1) is 20.7. The second-order valence-corrected chi connectivity index (χ2v) is 7.11. The van der Waals surface area contributed by atoms with E-state index >= 15 is 0 Å². The summed E-state index contributed by atoms with van der Waals surface area (Å²) in [4.78, 5) is 30.0. The van der Waals surface area contributed by atoms with E-state index in [4.69, 9.17) is 10.5 Å². The van der Waals surface area contributed by atoms with Crippen LogP contribution in [0, 0.1) is 18.6 Å². The molecule has 1 amide bonds. The summed E-state index contributed by atoms with van der Waals surface area (Å²) in [6.07, 6.45) is 1.83. The Kier molecular flexibility index (Phi) is 6.07. The number of H-pyrrole nitrogens is 1. The number of carbonyl (C=O) groups is 1.